The summed E-state index contributed by atoms with van der Waals surface area (Å²) >= 11 is 0. The SMILES string of the molecule is CC(O)C(NC(=O)C(N)CCCN=C(N)N)C(=O)NC(CCC(=O)O)C(=O)NC(CC(N)=O)C(=O)O. The lowest BCUT2D eigenvalue weighted by atomic mass is 10.1. The molecule has 0 aromatic heterocycles. The Balaban J connectivity index is 5.41. The highest BCUT2D eigenvalue weighted by molar-refractivity contribution is 5.95. The monoisotopic (exact) mass is 518 g/mol. The van der Waals surface area contributed by atoms with Crippen LogP contribution in [-0.4, -0.2) is 93.7 Å². The molecule has 17 heteroatoms. The van der Waals surface area contributed by atoms with Gasteiger partial charge in [0.05, 0.1) is 18.6 Å². The minimum atomic E-state index is -1.73. The molecule has 0 saturated heterocycles. The third kappa shape index (κ3) is 13.0. The number of aliphatic hydroxyl groups excluding tert-OH is 1. The molecule has 0 heterocycles. The lowest BCUT2D eigenvalue weighted by Crippen LogP contribution is -2.60. The van der Waals surface area contributed by atoms with Crippen LogP contribution in [0, 0.1) is 0 Å². The maximum atomic E-state index is 12.7. The Morgan fingerprint density at radius 2 is 1.44 bits per heavy atom. The van der Waals surface area contributed by atoms with Crippen molar-refractivity contribution in [3.05, 3.63) is 0 Å². The second-order valence-corrected chi connectivity index (χ2v) is 7.85. The Labute approximate surface area is 206 Å². The van der Waals surface area contributed by atoms with E-state index in [0.717, 1.165) is 0 Å². The number of amides is 4. The van der Waals surface area contributed by atoms with E-state index in [-0.39, 0.29) is 18.9 Å². The van der Waals surface area contributed by atoms with Crippen molar-refractivity contribution >= 4 is 41.5 Å². The summed E-state index contributed by atoms with van der Waals surface area (Å²) in [5.74, 6) is -7.07. The van der Waals surface area contributed by atoms with Gasteiger partial charge in [0.25, 0.3) is 0 Å². The smallest absolute Gasteiger partial charge is 0.326 e. The molecule has 0 spiro atoms. The fourth-order valence-electron chi connectivity index (χ4n) is 2.79. The zero-order valence-corrected chi connectivity index (χ0v) is 19.7. The Morgan fingerprint density at radius 1 is 0.861 bits per heavy atom. The van der Waals surface area contributed by atoms with Gasteiger partial charge in [0.2, 0.25) is 23.6 Å². The molecule has 0 aromatic carbocycles. The summed E-state index contributed by atoms with van der Waals surface area (Å²) in [6.45, 7) is 1.38. The van der Waals surface area contributed by atoms with Crippen LogP contribution in [0.1, 0.15) is 39.0 Å². The normalized spacial score (nSPS) is 14.8. The first-order valence-corrected chi connectivity index (χ1v) is 10.8. The van der Waals surface area contributed by atoms with Gasteiger partial charge in [-0.25, -0.2) is 4.79 Å². The molecule has 0 fully saturated rings. The van der Waals surface area contributed by atoms with Crippen LogP contribution in [0.3, 0.4) is 0 Å². The first-order chi connectivity index (χ1) is 16.6. The van der Waals surface area contributed by atoms with E-state index >= 15 is 0 Å². The highest BCUT2D eigenvalue weighted by atomic mass is 16.4. The number of aliphatic imine (C=N–C) groups is 1. The Bertz CT molecular complexity index is 845. The third-order valence-electron chi connectivity index (χ3n) is 4.67. The van der Waals surface area contributed by atoms with Gasteiger partial charge < -0.3 is 54.2 Å². The van der Waals surface area contributed by atoms with Crippen LogP contribution in [-0.2, 0) is 28.8 Å². The van der Waals surface area contributed by atoms with Crippen molar-refractivity contribution in [3.8, 4) is 0 Å². The van der Waals surface area contributed by atoms with Crippen LogP contribution in [0.15, 0.2) is 4.99 Å². The highest BCUT2D eigenvalue weighted by Gasteiger charge is 2.33. The summed E-state index contributed by atoms with van der Waals surface area (Å²) in [5, 5.41) is 34.5. The number of primary amides is 1. The van der Waals surface area contributed by atoms with Crippen molar-refractivity contribution in [1.82, 2.24) is 16.0 Å². The molecular weight excluding hydrogens is 484 g/mol. The van der Waals surface area contributed by atoms with Gasteiger partial charge in [-0.05, 0) is 26.2 Å². The molecule has 0 aliphatic carbocycles. The minimum Gasteiger partial charge on any atom is -0.481 e. The molecule has 0 bridgehead atoms. The van der Waals surface area contributed by atoms with Gasteiger partial charge in [-0.2, -0.15) is 0 Å². The van der Waals surface area contributed by atoms with Crippen molar-refractivity contribution in [2.45, 2.75) is 69.3 Å². The van der Waals surface area contributed by atoms with Gasteiger partial charge in [-0.3, -0.25) is 29.0 Å². The molecule has 5 unspecified atom stereocenters. The second kappa shape index (κ2) is 15.8. The number of aliphatic carboxylic acids is 2. The summed E-state index contributed by atoms with van der Waals surface area (Å²) in [5.41, 5.74) is 21.1. The van der Waals surface area contributed by atoms with Crippen LogP contribution in [0.2, 0.25) is 0 Å². The van der Waals surface area contributed by atoms with E-state index in [4.69, 9.17) is 33.1 Å². The summed E-state index contributed by atoms with van der Waals surface area (Å²) in [4.78, 5) is 74.7. The lowest BCUT2D eigenvalue weighted by Gasteiger charge is -2.26. The van der Waals surface area contributed by atoms with Gasteiger partial charge in [-0.15, -0.1) is 0 Å². The molecule has 0 saturated carbocycles. The predicted octanol–water partition coefficient (Wildman–Crippen LogP) is -4.97. The zero-order valence-electron chi connectivity index (χ0n) is 19.7. The Hall–Kier alpha value is -3.99. The van der Waals surface area contributed by atoms with Gasteiger partial charge in [0, 0.05) is 13.0 Å². The fraction of sp³-hybridized carbons (Fsp3) is 0.632. The van der Waals surface area contributed by atoms with E-state index in [1.54, 1.807) is 0 Å². The Morgan fingerprint density at radius 3 is 1.92 bits per heavy atom. The quantitative estimate of drug-likeness (QED) is 0.0491. The van der Waals surface area contributed by atoms with Gasteiger partial charge >= 0.3 is 11.9 Å². The van der Waals surface area contributed by atoms with Gasteiger partial charge in [0.1, 0.15) is 18.1 Å². The maximum Gasteiger partial charge on any atom is 0.326 e. The summed E-state index contributed by atoms with van der Waals surface area (Å²) < 4.78 is 0. The molecule has 204 valence electrons. The number of hydrogen-bond donors (Lipinski definition) is 10. The number of carboxylic acid groups (broad SMARTS) is 2. The number of rotatable bonds is 17. The molecule has 14 N–H and O–H groups in total. The zero-order chi connectivity index (χ0) is 28.0. The van der Waals surface area contributed by atoms with Crippen molar-refractivity contribution in [2.24, 2.45) is 27.9 Å². The van der Waals surface area contributed by atoms with Crippen LogP contribution in [0.4, 0.5) is 0 Å². The number of carbonyl (C=O) groups is 6. The summed E-state index contributed by atoms with van der Waals surface area (Å²) in [6.07, 6.45) is -2.82. The number of guanidine groups is 1. The first kappa shape index (κ1) is 32.0. The topological polar surface area (TPSA) is 316 Å². The Kier molecular flexibility index (Phi) is 14.1. The van der Waals surface area contributed by atoms with Crippen molar-refractivity contribution in [3.63, 3.8) is 0 Å². The molecule has 5 atom stereocenters. The van der Waals surface area contributed by atoms with E-state index in [2.05, 4.69) is 15.6 Å². The molecule has 17 nitrogen and oxygen atoms in total. The van der Waals surface area contributed by atoms with Crippen molar-refractivity contribution < 1.29 is 44.1 Å². The number of carboxylic acids is 2. The lowest BCUT2D eigenvalue weighted by molar-refractivity contribution is -0.144. The average Bonchev–Trinajstić information content (AvgIpc) is 2.75. The number of aliphatic hydroxyl groups is 1. The van der Waals surface area contributed by atoms with Gasteiger partial charge in [-0.1, -0.05) is 0 Å². The van der Waals surface area contributed by atoms with Crippen molar-refractivity contribution in [1.29, 1.82) is 0 Å². The summed E-state index contributed by atoms with van der Waals surface area (Å²) in [6, 6.07) is -6.01. The maximum absolute atomic E-state index is 12.7. The number of nitrogens with zero attached hydrogens (tertiary/aromatic N) is 1. The standard InChI is InChI=1S/C19H34N8O9/c1-8(28)14(27-15(32)9(20)3-2-6-24-19(22)23)17(34)25-10(4-5-13(30)31)16(33)26-11(18(35)36)7-12(21)29/h8-11,14,28H,2-7,20H2,1H3,(H2,21,29)(H,25,34)(H,26,33)(H,27,32)(H,30,31)(H,35,36)(H4,22,23,24). The van der Waals surface area contributed by atoms with Crippen LogP contribution >= 0.6 is 0 Å². The number of carbonyl (C=O) groups excluding carboxylic acids is 4. The van der Waals surface area contributed by atoms with Crippen LogP contribution < -0.4 is 38.9 Å². The average molecular weight is 519 g/mol. The number of hydrogen-bond acceptors (Lipinski definition) is 9. The van der Waals surface area contributed by atoms with E-state index in [1.807, 2.05) is 5.32 Å². The molecule has 4 amide bonds. The first-order valence-electron chi connectivity index (χ1n) is 10.8. The van der Waals surface area contributed by atoms with E-state index in [9.17, 15) is 33.9 Å². The van der Waals surface area contributed by atoms with Crippen LogP contribution in [0.25, 0.3) is 0 Å². The molecule has 0 aliphatic heterocycles. The molecule has 0 aliphatic rings. The second-order valence-electron chi connectivity index (χ2n) is 7.85. The number of nitrogens with one attached hydrogen (secondary N) is 3. The largest absolute Gasteiger partial charge is 0.481 e. The molecular formula is C19H34N8O9. The van der Waals surface area contributed by atoms with Gasteiger partial charge in [0.15, 0.2) is 5.96 Å². The predicted molar refractivity (Wildman–Crippen MR) is 124 cm³/mol. The minimum absolute atomic E-state index is 0.135. The van der Waals surface area contributed by atoms with E-state index in [0.29, 0.717) is 6.42 Å². The summed E-state index contributed by atoms with van der Waals surface area (Å²) in [7, 11) is 0. The molecule has 0 rings (SSSR count). The number of nitrogens with two attached hydrogens (primary N) is 4. The van der Waals surface area contributed by atoms with E-state index in [1.165, 1.54) is 6.92 Å². The fourth-order valence-corrected chi connectivity index (χ4v) is 2.79. The molecule has 0 aromatic rings. The van der Waals surface area contributed by atoms with Crippen molar-refractivity contribution in [2.75, 3.05) is 6.54 Å². The molecule has 0 radical (unpaired) electrons. The highest BCUT2D eigenvalue weighted by Crippen LogP contribution is 2.04. The van der Waals surface area contributed by atoms with Crippen LogP contribution in [0.5, 0.6) is 0 Å². The molecule has 36 heavy (non-hydrogen) atoms. The third-order valence-corrected chi connectivity index (χ3v) is 4.67. The van der Waals surface area contributed by atoms with E-state index < -0.39 is 85.1 Å².